The fraction of sp³-hybridized carbons (Fsp3) is 0.235. The molecule has 0 saturated heterocycles. The van der Waals surface area contributed by atoms with Gasteiger partial charge < -0.3 is 10.1 Å². The zero-order valence-electron chi connectivity index (χ0n) is 12.9. The molecule has 7 heteroatoms. The largest absolute Gasteiger partial charge is 0.481 e. The van der Waals surface area contributed by atoms with Gasteiger partial charge in [-0.15, -0.1) is 0 Å². The van der Waals surface area contributed by atoms with E-state index in [9.17, 15) is 18.0 Å². The van der Waals surface area contributed by atoms with Crippen molar-refractivity contribution in [1.82, 2.24) is 0 Å². The van der Waals surface area contributed by atoms with Gasteiger partial charge in [-0.1, -0.05) is 23.7 Å². The average Bonchev–Trinajstić information content (AvgIpc) is 2.48. The number of halogens is 4. The smallest absolute Gasteiger partial charge is 0.418 e. The standard InChI is InChI=1S/C17H15ClF3NO2/c1-10-4-3-5-13(8-10)24-11(2)16(23)22-15-7-6-12(18)9-14(15)17(19,20)21/h3-9,11H,1-2H3,(H,22,23)/t11-/m1/s1. The molecule has 1 N–H and O–H groups in total. The van der Waals surface area contributed by atoms with E-state index in [2.05, 4.69) is 5.32 Å². The van der Waals surface area contributed by atoms with Crippen LogP contribution in [-0.2, 0) is 11.0 Å². The number of anilines is 1. The van der Waals surface area contributed by atoms with Crippen LogP contribution < -0.4 is 10.1 Å². The number of carbonyl (C=O) groups is 1. The second-order valence-electron chi connectivity index (χ2n) is 5.25. The van der Waals surface area contributed by atoms with Crippen LogP contribution in [0.4, 0.5) is 18.9 Å². The quantitative estimate of drug-likeness (QED) is 0.829. The van der Waals surface area contributed by atoms with Crippen LogP contribution in [0.2, 0.25) is 5.02 Å². The fourth-order valence-electron chi connectivity index (χ4n) is 2.04. The molecule has 0 heterocycles. The minimum Gasteiger partial charge on any atom is -0.481 e. The molecule has 0 spiro atoms. The lowest BCUT2D eigenvalue weighted by Crippen LogP contribution is -2.31. The molecule has 2 aromatic rings. The Morgan fingerprint density at radius 2 is 1.92 bits per heavy atom. The fourth-order valence-corrected chi connectivity index (χ4v) is 2.21. The van der Waals surface area contributed by atoms with Crippen molar-refractivity contribution in [3.63, 3.8) is 0 Å². The van der Waals surface area contributed by atoms with Gasteiger partial charge in [-0.2, -0.15) is 13.2 Å². The number of ether oxygens (including phenoxy) is 1. The van der Waals surface area contributed by atoms with Crippen molar-refractivity contribution in [2.24, 2.45) is 0 Å². The maximum Gasteiger partial charge on any atom is 0.418 e. The molecule has 1 amide bonds. The molecular weight excluding hydrogens is 343 g/mol. The van der Waals surface area contributed by atoms with E-state index in [0.717, 1.165) is 17.7 Å². The predicted octanol–water partition coefficient (Wildman–Crippen LogP) is 5.07. The minimum atomic E-state index is -4.63. The van der Waals surface area contributed by atoms with Crippen molar-refractivity contribution < 1.29 is 22.7 Å². The molecule has 0 aliphatic heterocycles. The highest BCUT2D eigenvalue weighted by molar-refractivity contribution is 6.30. The van der Waals surface area contributed by atoms with Crippen LogP contribution >= 0.6 is 11.6 Å². The van der Waals surface area contributed by atoms with Crippen LogP contribution in [-0.4, -0.2) is 12.0 Å². The monoisotopic (exact) mass is 357 g/mol. The molecule has 2 rings (SSSR count). The number of rotatable bonds is 4. The van der Waals surface area contributed by atoms with Gasteiger partial charge >= 0.3 is 6.18 Å². The van der Waals surface area contributed by atoms with Gasteiger partial charge in [0.25, 0.3) is 5.91 Å². The van der Waals surface area contributed by atoms with E-state index >= 15 is 0 Å². The second-order valence-corrected chi connectivity index (χ2v) is 5.69. The molecule has 3 nitrogen and oxygen atoms in total. The van der Waals surface area contributed by atoms with Crippen LogP contribution in [0.15, 0.2) is 42.5 Å². The molecule has 0 bridgehead atoms. The van der Waals surface area contributed by atoms with E-state index < -0.39 is 23.8 Å². The molecule has 0 aliphatic rings. The van der Waals surface area contributed by atoms with Gasteiger partial charge in [0.05, 0.1) is 11.3 Å². The number of amides is 1. The SMILES string of the molecule is Cc1cccc(O[C@H](C)C(=O)Nc2ccc(Cl)cc2C(F)(F)F)c1. The Morgan fingerprint density at radius 1 is 1.21 bits per heavy atom. The maximum absolute atomic E-state index is 13.0. The average molecular weight is 358 g/mol. The third-order valence-electron chi connectivity index (χ3n) is 3.22. The van der Waals surface area contributed by atoms with E-state index in [1.54, 1.807) is 18.2 Å². The molecule has 1 atom stereocenters. The van der Waals surface area contributed by atoms with Crippen LogP contribution in [0.25, 0.3) is 0 Å². The van der Waals surface area contributed by atoms with Crippen molar-refractivity contribution >= 4 is 23.2 Å². The van der Waals surface area contributed by atoms with Crippen molar-refractivity contribution in [2.45, 2.75) is 26.1 Å². The van der Waals surface area contributed by atoms with Gasteiger partial charge in [0.1, 0.15) is 5.75 Å². The van der Waals surface area contributed by atoms with Crippen molar-refractivity contribution in [2.75, 3.05) is 5.32 Å². The van der Waals surface area contributed by atoms with E-state index in [4.69, 9.17) is 16.3 Å². The zero-order valence-corrected chi connectivity index (χ0v) is 13.7. The number of alkyl halides is 3. The van der Waals surface area contributed by atoms with E-state index in [1.165, 1.54) is 13.0 Å². The Balaban J connectivity index is 2.14. The molecule has 0 fully saturated rings. The first kappa shape index (κ1) is 18.1. The first-order valence-electron chi connectivity index (χ1n) is 7.08. The first-order valence-corrected chi connectivity index (χ1v) is 7.45. The van der Waals surface area contributed by atoms with E-state index in [1.807, 2.05) is 13.0 Å². The molecule has 2 aromatic carbocycles. The Kier molecular flexibility index (Phi) is 5.39. The van der Waals surface area contributed by atoms with Crippen LogP contribution in [0, 0.1) is 6.92 Å². The Bertz CT molecular complexity index is 747. The lowest BCUT2D eigenvalue weighted by molar-refractivity contribution is -0.137. The normalized spacial score (nSPS) is 12.6. The molecular formula is C17H15ClF3NO2. The number of hydrogen-bond donors (Lipinski definition) is 1. The lowest BCUT2D eigenvalue weighted by atomic mass is 10.1. The number of aryl methyl sites for hydroxylation is 1. The lowest BCUT2D eigenvalue weighted by Gasteiger charge is -2.18. The van der Waals surface area contributed by atoms with Gasteiger partial charge in [0, 0.05) is 5.02 Å². The molecule has 128 valence electrons. The number of benzene rings is 2. The van der Waals surface area contributed by atoms with Gasteiger partial charge in [-0.05, 0) is 49.7 Å². The Morgan fingerprint density at radius 3 is 2.54 bits per heavy atom. The number of carbonyl (C=O) groups excluding carboxylic acids is 1. The van der Waals surface area contributed by atoms with Crippen molar-refractivity contribution in [3.8, 4) is 5.75 Å². The second kappa shape index (κ2) is 7.13. The minimum absolute atomic E-state index is 0.0654. The summed E-state index contributed by atoms with van der Waals surface area (Å²) in [7, 11) is 0. The third-order valence-corrected chi connectivity index (χ3v) is 3.45. The summed E-state index contributed by atoms with van der Waals surface area (Å²) < 4.78 is 44.5. The molecule has 0 radical (unpaired) electrons. The van der Waals surface area contributed by atoms with E-state index in [-0.39, 0.29) is 10.7 Å². The summed E-state index contributed by atoms with van der Waals surface area (Å²) in [4.78, 5) is 12.1. The summed E-state index contributed by atoms with van der Waals surface area (Å²) in [5.41, 5.74) is -0.431. The van der Waals surface area contributed by atoms with Crippen LogP contribution in [0.3, 0.4) is 0 Å². The zero-order chi connectivity index (χ0) is 17.9. The molecule has 0 aromatic heterocycles. The highest BCUT2D eigenvalue weighted by Gasteiger charge is 2.34. The highest BCUT2D eigenvalue weighted by atomic mass is 35.5. The summed E-state index contributed by atoms with van der Waals surface area (Å²) in [6.07, 6.45) is -5.60. The Labute approximate surface area is 142 Å². The van der Waals surface area contributed by atoms with Gasteiger partial charge in [-0.3, -0.25) is 4.79 Å². The predicted molar refractivity (Wildman–Crippen MR) is 86.4 cm³/mol. The first-order chi connectivity index (χ1) is 11.2. The summed E-state index contributed by atoms with van der Waals surface area (Å²) in [5, 5.41) is 2.17. The van der Waals surface area contributed by atoms with Gasteiger partial charge in [0.2, 0.25) is 0 Å². The van der Waals surface area contributed by atoms with Crippen LogP contribution in [0.1, 0.15) is 18.1 Å². The van der Waals surface area contributed by atoms with E-state index in [0.29, 0.717) is 5.75 Å². The molecule has 0 aliphatic carbocycles. The van der Waals surface area contributed by atoms with Crippen molar-refractivity contribution in [1.29, 1.82) is 0 Å². The van der Waals surface area contributed by atoms with Crippen LogP contribution in [0.5, 0.6) is 5.75 Å². The summed E-state index contributed by atoms with van der Waals surface area (Å²) in [5.74, 6) is -0.228. The highest BCUT2D eigenvalue weighted by Crippen LogP contribution is 2.36. The molecule has 24 heavy (non-hydrogen) atoms. The number of hydrogen-bond acceptors (Lipinski definition) is 2. The maximum atomic E-state index is 13.0. The number of nitrogens with one attached hydrogen (secondary N) is 1. The molecule has 0 saturated carbocycles. The topological polar surface area (TPSA) is 38.3 Å². The summed E-state index contributed by atoms with van der Waals surface area (Å²) >= 11 is 5.61. The molecule has 0 unspecified atom stereocenters. The van der Waals surface area contributed by atoms with Gasteiger partial charge in [-0.25, -0.2) is 0 Å². The summed E-state index contributed by atoms with van der Waals surface area (Å²) in [6, 6.07) is 10.2. The summed E-state index contributed by atoms with van der Waals surface area (Å²) in [6.45, 7) is 3.32. The Hall–Kier alpha value is -2.21. The van der Waals surface area contributed by atoms with Crippen molar-refractivity contribution in [3.05, 3.63) is 58.6 Å². The third kappa shape index (κ3) is 4.64. The van der Waals surface area contributed by atoms with Gasteiger partial charge in [0.15, 0.2) is 6.10 Å².